The summed E-state index contributed by atoms with van der Waals surface area (Å²) in [6.45, 7) is 5.65. The minimum absolute atomic E-state index is 0.0326. The Labute approximate surface area is 129 Å². The van der Waals surface area contributed by atoms with Gasteiger partial charge >= 0.3 is 0 Å². The van der Waals surface area contributed by atoms with Crippen LogP contribution in [0.25, 0.3) is 0 Å². The maximum atomic E-state index is 14.5. The zero-order valence-corrected chi connectivity index (χ0v) is 13.2. The fourth-order valence-corrected chi connectivity index (χ4v) is 3.49. The van der Waals surface area contributed by atoms with Crippen molar-refractivity contribution >= 4 is 5.91 Å². The number of halogens is 1. The molecule has 0 unspecified atom stereocenters. The molecule has 1 saturated heterocycles. The Bertz CT molecular complexity index is 614. The number of carbonyl (C=O) groups is 1. The second kappa shape index (κ2) is 5.54. The van der Waals surface area contributed by atoms with Crippen LogP contribution >= 0.6 is 0 Å². The lowest BCUT2D eigenvalue weighted by Crippen LogP contribution is -2.35. The maximum Gasteiger partial charge on any atom is 0.258 e. The Morgan fingerprint density at radius 1 is 1.45 bits per heavy atom. The van der Waals surface area contributed by atoms with E-state index in [0.717, 1.165) is 12.0 Å². The van der Waals surface area contributed by atoms with E-state index in [1.165, 1.54) is 0 Å². The van der Waals surface area contributed by atoms with Crippen LogP contribution in [0.2, 0.25) is 0 Å². The van der Waals surface area contributed by atoms with E-state index < -0.39 is 11.9 Å². The molecule has 5 heteroatoms. The van der Waals surface area contributed by atoms with Crippen LogP contribution < -0.4 is 4.74 Å². The summed E-state index contributed by atoms with van der Waals surface area (Å²) in [6.07, 6.45) is 1.39. The van der Waals surface area contributed by atoms with Crippen molar-refractivity contribution in [3.05, 3.63) is 28.6 Å². The van der Waals surface area contributed by atoms with E-state index in [2.05, 4.69) is 0 Å². The van der Waals surface area contributed by atoms with Gasteiger partial charge in [0.05, 0.1) is 17.8 Å². The first-order valence-electron chi connectivity index (χ1n) is 7.86. The monoisotopic (exact) mass is 307 g/mol. The van der Waals surface area contributed by atoms with Crippen molar-refractivity contribution in [2.75, 3.05) is 6.54 Å². The van der Waals surface area contributed by atoms with Crippen LogP contribution in [0.5, 0.6) is 5.75 Å². The van der Waals surface area contributed by atoms with E-state index >= 15 is 0 Å². The van der Waals surface area contributed by atoms with Crippen LogP contribution in [0, 0.1) is 12.7 Å². The van der Waals surface area contributed by atoms with Gasteiger partial charge in [0.2, 0.25) is 0 Å². The summed E-state index contributed by atoms with van der Waals surface area (Å²) in [5, 5.41) is 9.83. The Balaban J connectivity index is 2.11. The fraction of sp³-hybridized carbons (Fsp3) is 0.588. The van der Waals surface area contributed by atoms with Crippen molar-refractivity contribution in [2.45, 2.75) is 58.3 Å². The Morgan fingerprint density at radius 2 is 2.18 bits per heavy atom. The number of hydrogen-bond donors (Lipinski definition) is 1. The number of ether oxygens (including phenoxy) is 1. The van der Waals surface area contributed by atoms with Gasteiger partial charge in [0.15, 0.2) is 11.6 Å². The molecular formula is C17H22FNO3. The van der Waals surface area contributed by atoms with Crippen LogP contribution in [0.4, 0.5) is 4.39 Å². The van der Waals surface area contributed by atoms with Crippen molar-refractivity contribution in [3.63, 3.8) is 0 Å². The summed E-state index contributed by atoms with van der Waals surface area (Å²) in [5.74, 6) is -0.611. The van der Waals surface area contributed by atoms with Gasteiger partial charge < -0.3 is 14.7 Å². The average Bonchev–Trinajstić information content (AvgIpc) is 2.76. The summed E-state index contributed by atoms with van der Waals surface area (Å²) in [4.78, 5) is 14.6. The van der Waals surface area contributed by atoms with E-state index in [-0.39, 0.29) is 23.8 Å². The number of fused-ring (bicyclic) bond motifs is 2. The molecule has 0 aromatic heterocycles. The van der Waals surface area contributed by atoms with E-state index in [1.54, 1.807) is 17.9 Å². The zero-order chi connectivity index (χ0) is 16.0. The highest BCUT2D eigenvalue weighted by Gasteiger charge is 2.39. The first-order chi connectivity index (χ1) is 10.4. The predicted octanol–water partition coefficient (Wildman–Crippen LogP) is 2.44. The molecule has 2 atom stereocenters. The van der Waals surface area contributed by atoms with Crippen LogP contribution in [-0.4, -0.2) is 40.7 Å². The molecule has 0 saturated carbocycles. The quantitative estimate of drug-likeness (QED) is 0.913. The Kier molecular flexibility index (Phi) is 3.85. The number of benzene rings is 1. The molecular weight excluding hydrogens is 285 g/mol. The summed E-state index contributed by atoms with van der Waals surface area (Å²) in [6, 6.07) is 1.79. The number of aryl methyl sites for hydroxylation is 2. The van der Waals surface area contributed by atoms with E-state index in [1.807, 2.05) is 13.8 Å². The maximum absolute atomic E-state index is 14.5. The number of nitrogens with zero attached hydrogens (tertiary/aromatic N) is 1. The zero-order valence-electron chi connectivity index (χ0n) is 13.2. The SMILES string of the molecule is Cc1cc2c(c(OC(C)C)c1F)C(=O)N1C[C@@H](O)C[C@@H]1CC2. The van der Waals surface area contributed by atoms with Gasteiger partial charge in [-0.2, -0.15) is 0 Å². The van der Waals surface area contributed by atoms with Crippen LogP contribution in [-0.2, 0) is 6.42 Å². The molecule has 1 aromatic rings. The number of carbonyl (C=O) groups excluding carboxylic acids is 1. The van der Waals surface area contributed by atoms with E-state index in [0.29, 0.717) is 30.5 Å². The lowest BCUT2D eigenvalue weighted by molar-refractivity contribution is 0.0713. The summed E-state index contributed by atoms with van der Waals surface area (Å²) in [7, 11) is 0. The van der Waals surface area contributed by atoms with Crippen molar-refractivity contribution < 1.29 is 19.0 Å². The molecule has 4 nitrogen and oxygen atoms in total. The van der Waals surface area contributed by atoms with Gasteiger partial charge in [0, 0.05) is 12.6 Å². The fourth-order valence-electron chi connectivity index (χ4n) is 3.49. The van der Waals surface area contributed by atoms with Crippen molar-refractivity contribution in [2.24, 2.45) is 0 Å². The molecule has 22 heavy (non-hydrogen) atoms. The topological polar surface area (TPSA) is 49.8 Å². The molecule has 0 radical (unpaired) electrons. The normalized spacial score (nSPS) is 24.3. The van der Waals surface area contributed by atoms with Crippen LogP contribution in [0.1, 0.15) is 48.2 Å². The minimum Gasteiger partial charge on any atom is -0.487 e. The number of amides is 1. The largest absolute Gasteiger partial charge is 0.487 e. The van der Waals surface area contributed by atoms with Crippen molar-refractivity contribution in [3.8, 4) is 5.75 Å². The van der Waals surface area contributed by atoms with Gasteiger partial charge in [-0.25, -0.2) is 4.39 Å². The van der Waals surface area contributed by atoms with Crippen molar-refractivity contribution in [1.82, 2.24) is 4.90 Å². The average molecular weight is 307 g/mol. The lowest BCUT2D eigenvalue weighted by atomic mass is 9.97. The van der Waals surface area contributed by atoms with Gasteiger partial charge in [0.25, 0.3) is 5.91 Å². The standard InChI is InChI=1S/C17H22FNO3/c1-9(2)22-16-14-11(6-10(3)15(16)18)4-5-12-7-13(20)8-19(12)17(14)21/h6,9,12-13,20H,4-5,7-8H2,1-3H3/t12-,13-/m0/s1. The van der Waals surface area contributed by atoms with Gasteiger partial charge in [-0.05, 0) is 51.2 Å². The molecule has 1 aromatic carbocycles. The third-order valence-electron chi connectivity index (χ3n) is 4.45. The lowest BCUT2D eigenvalue weighted by Gasteiger charge is -2.23. The second-order valence-corrected chi connectivity index (χ2v) is 6.58. The highest BCUT2D eigenvalue weighted by atomic mass is 19.1. The first kappa shape index (κ1) is 15.3. The molecule has 0 aliphatic carbocycles. The predicted molar refractivity (Wildman–Crippen MR) is 80.7 cm³/mol. The third-order valence-corrected chi connectivity index (χ3v) is 4.45. The summed E-state index contributed by atoms with van der Waals surface area (Å²) < 4.78 is 20.2. The molecule has 120 valence electrons. The number of rotatable bonds is 2. The molecule has 1 amide bonds. The Hall–Kier alpha value is -1.62. The second-order valence-electron chi connectivity index (χ2n) is 6.58. The third kappa shape index (κ3) is 2.47. The molecule has 2 aliphatic rings. The molecule has 2 aliphatic heterocycles. The van der Waals surface area contributed by atoms with E-state index in [4.69, 9.17) is 4.74 Å². The highest BCUT2D eigenvalue weighted by molar-refractivity contribution is 5.99. The molecule has 2 heterocycles. The van der Waals surface area contributed by atoms with E-state index in [9.17, 15) is 14.3 Å². The summed E-state index contributed by atoms with van der Waals surface area (Å²) in [5.41, 5.74) is 1.70. The number of aliphatic hydroxyl groups is 1. The first-order valence-corrected chi connectivity index (χ1v) is 7.86. The minimum atomic E-state index is -0.486. The molecule has 0 spiro atoms. The van der Waals surface area contributed by atoms with Crippen molar-refractivity contribution in [1.29, 1.82) is 0 Å². The molecule has 0 bridgehead atoms. The molecule has 1 N–H and O–H groups in total. The molecule has 1 fully saturated rings. The van der Waals surface area contributed by atoms with Gasteiger partial charge in [-0.3, -0.25) is 4.79 Å². The highest BCUT2D eigenvalue weighted by Crippen LogP contribution is 2.37. The number of aliphatic hydroxyl groups excluding tert-OH is 1. The number of hydrogen-bond acceptors (Lipinski definition) is 3. The summed E-state index contributed by atoms with van der Waals surface area (Å²) >= 11 is 0. The van der Waals surface area contributed by atoms with Gasteiger partial charge in [-0.1, -0.05) is 6.07 Å². The smallest absolute Gasteiger partial charge is 0.258 e. The van der Waals surface area contributed by atoms with Crippen LogP contribution in [0.15, 0.2) is 6.07 Å². The van der Waals surface area contributed by atoms with Gasteiger partial charge in [-0.15, -0.1) is 0 Å². The molecule has 3 rings (SSSR count). The Morgan fingerprint density at radius 3 is 2.86 bits per heavy atom. The van der Waals surface area contributed by atoms with Crippen LogP contribution in [0.3, 0.4) is 0 Å². The van der Waals surface area contributed by atoms with Gasteiger partial charge in [0.1, 0.15) is 0 Å².